The summed E-state index contributed by atoms with van der Waals surface area (Å²) in [6, 6.07) is 5.46. The topological polar surface area (TPSA) is 98.7 Å². The molecule has 8 nitrogen and oxygen atoms in total. The van der Waals surface area contributed by atoms with Crippen molar-refractivity contribution in [1.82, 2.24) is 20.2 Å². The number of amides is 2. The first-order chi connectivity index (χ1) is 12.3. The highest BCUT2D eigenvalue weighted by atomic mass is 35.5. The van der Waals surface area contributed by atoms with Crippen LogP contribution in [0.3, 0.4) is 0 Å². The molecule has 0 spiro atoms. The normalized spacial score (nSPS) is 15.2. The van der Waals surface area contributed by atoms with E-state index in [1.165, 1.54) is 0 Å². The monoisotopic (exact) mass is 377 g/mol. The third-order valence-corrected chi connectivity index (χ3v) is 4.59. The van der Waals surface area contributed by atoms with Gasteiger partial charge in [-0.05, 0) is 32.0 Å². The number of aromatic nitrogens is 2. The number of carboxylic acid groups (broad SMARTS) is 1. The number of fused-ring (bicyclic) bond motifs is 1. The van der Waals surface area contributed by atoms with E-state index in [1.54, 1.807) is 31.0 Å². The molecule has 1 aliphatic rings. The fourth-order valence-electron chi connectivity index (χ4n) is 3.03. The predicted molar refractivity (Wildman–Crippen MR) is 98.6 cm³/mol. The van der Waals surface area contributed by atoms with Gasteiger partial charge in [0.1, 0.15) is 10.7 Å². The molecular weight excluding hydrogens is 358 g/mol. The highest BCUT2D eigenvalue weighted by Gasteiger charge is 2.35. The van der Waals surface area contributed by atoms with Gasteiger partial charge in [0.05, 0.1) is 22.9 Å². The fraction of sp³-hybridized carbons (Fsp3) is 0.412. The maximum Gasteiger partial charge on any atom is 0.405 e. The molecule has 3 heterocycles. The third kappa shape index (κ3) is 3.80. The second-order valence-corrected chi connectivity index (χ2v) is 7.09. The van der Waals surface area contributed by atoms with Gasteiger partial charge in [-0.2, -0.15) is 0 Å². The van der Waals surface area contributed by atoms with Crippen molar-refractivity contribution in [3.63, 3.8) is 0 Å². The molecule has 2 aromatic heterocycles. The van der Waals surface area contributed by atoms with E-state index in [0.717, 1.165) is 16.7 Å². The molecule has 2 amide bonds. The van der Waals surface area contributed by atoms with Crippen LogP contribution in [-0.2, 0) is 4.79 Å². The van der Waals surface area contributed by atoms with Gasteiger partial charge in [0.25, 0.3) is 0 Å². The molecule has 0 bridgehead atoms. The molecule has 0 radical (unpaired) electrons. The first kappa shape index (κ1) is 18.2. The zero-order chi connectivity index (χ0) is 18.9. The van der Waals surface area contributed by atoms with Gasteiger partial charge in [0.15, 0.2) is 0 Å². The van der Waals surface area contributed by atoms with Crippen molar-refractivity contribution in [3.8, 4) is 0 Å². The Labute approximate surface area is 155 Å². The minimum atomic E-state index is -1.21. The third-order valence-electron chi connectivity index (χ3n) is 4.38. The molecule has 0 unspecified atom stereocenters. The van der Waals surface area contributed by atoms with E-state index >= 15 is 0 Å². The number of rotatable bonds is 3. The summed E-state index contributed by atoms with van der Waals surface area (Å²) in [5.74, 6) is -0.232. The van der Waals surface area contributed by atoms with Crippen LogP contribution in [0.4, 0.5) is 10.5 Å². The largest absolute Gasteiger partial charge is 0.465 e. The molecule has 138 valence electrons. The van der Waals surface area contributed by atoms with Crippen LogP contribution >= 0.6 is 11.6 Å². The first-order valence-electron chi connectivity index (χ1n) is 8.24. The summed E-state index contributed by atoms with van der Waals surface area (Å²) in [5.41, 5.74) is 1.26. The average Bonchev–Trinajstić information content (AvgIpc) is 2.59. The van der Waals surface area contributed by atoms with Gasteiger partial charge in [-0.1, -0.05) is 11.6 Å². The van der Waals surface area contributed by atoms with Crippen molar-refractivity contribution >= 4 is 40.3 Å². The van der Waals surface area contributed by atoms with Gasteiger partial charge in [0, 0.05) is 26.2 Å². The van der Waals surface area contributed by atoms with Crippen molar-refractivity contribution in [1.29, 1.82) is 0 Å². The molecule has 1 saturated heterocycles. The lowest BCUT2D eigenvalue weighted by molar-refractivity contribution is -0.137. The predicted octanol–water partition coefficient (Wildman–Crippen LogP) is 1.98. The molecule has 2 N–H and O–H groups in total. The summed E-state index contributed by atoms with van der Waals surface area (Å²) < 4.78 is 0. The Kier molecular flexibility index (Phi) is 4.86. The molecule has 26 heavy (non-hydrogen) atoms. The van der Waals surface area contributed by atoms with Crippen LogP contribution in [0.25, 0.3) is 11.0 Å². The number of halogens is 1. The minimum Gasteiger partial charge on any atom is -0.465 e. The number of anilines is 1. The summed E-state index contributed by atoms with van der Waals surface area (Å²) in [6.45, 7) is 5.40. The highest BCUT2D eigenvalue weighted by molar-refractivity contribution is 6.29. The second kappa shape index (κ2) is 6.95. The number of nitrogens with one attached hydrogen (secondary N) is 1. The maximum absolute atomic E-state index is 12.6. The lowest BCUT2D eigenvalue weighted by Gasteiger charge is -2.39. The summed E-state index contributed by atoms with van der Waals surface area (Å²) in [7, 11) is 0. The van der Waals surface area contributed by atoms with Crippen LogP contribution in [0.5, 0.6) is 0 Å². The Hall–Kier alpha value is -2.61. The van der Waals surface area contributed by atoms with Crippen molar-refractivity contribution in [2.24, 2.45) is 0 Å². The van der Waals surface area contributed by atoms with Gasteiger partial charge >= 0.3 is 6.09 Å². The van der Waals surface area contributed by atoms with E-state index < -0.39 is 11.6 Å². The molecule has 0 aliphatic carbocycles. The van der Waals surface area contributed by atoms with Gasteiger partial charge in [-0.15, -0.1) is 0 Å². The smallest absolute Gasteiger partial charge is 0.405 e. The average molecular weight is 378 g/mol. The number of nitrogens with zero attached hydrogens (tertiary/aromatic N) is 4. The Morgan fingerprint density at radius 1 is 1.19 bits per heavy atom. The number of pyridine rings is 2. The van der Waals surface area contributed by atoms with Crippen molar-refractivity contribution in [3.05, 3.63) is 29.5 Å². The van der Waals surface area contributed by atoms with E-state index in [4.69, 9.17) is 16.7 Å². The highest BCUT2D eigenvalue weighted by Crippen LogP contribution is 2.22. The molecule has 0 aromatic carbocycles. The Balaban J connectivity index is 1.68. The zero-order valence-corrected chi connectivity index (χ0v) is 15.3. The van der Waals surface area contributed by atoms with E-state index in [0.29, 0.717) is 31.3 Å². The van der Waals surface area contributed by atoms with Crippen LogP contribution in [0, 0.1) is 0 Å². The number of carbonyl (C=O) groups is 2. The first-order valence-corrected chi connectivity index (χ1v) is 8.62. The molecule has 3 rings (SSSR count). The van der Waals surface area contributed by atoms with Crippen molar-refractivity contribution in [2.75, 3.05) is 31.1 Å². The van der Waals surface area contributed by atoms with Gasteiger partial charge in [-0.25, -0.2) is 9.78 Å². The van der Waals surface area contributed by atoms with E-state index in [9.17, 15) is 9.59 Å². The summed E-state index contributed by atoms with van der Waals surface area (Å²) in [6.07, 6.45) is 0.570. The quantitative estimate of drug-likeness (QED) is 0.793. The van der Waals surface area contributed by atoms with Crippen LogP contribution in [0.2, 0.25) is 5.15 Å². The number of hydrogen-bond acceptors (Lipinski definition) is 5. The summed E-state index contributed by atoms with van der Waals surface area (Å²) >= 11 is 5.95. The molecule has 0 saturated carbocycles. The SMILES string of the molecule is CC(C)(NC(=O)O)C(=O)N1CCN(c2cnc3ccc(Cl)nc3c2)CC1. The van der Waals surface area contributed by atoms with E-state index in [-0.39, 0.29) is 5.91 Å². The van der Waals surface area contributed by atoms with Gasteiger partial charge < -0.3 is 20.2 Å². The van der Waals surface area contributed by atoms with Crippen LogP contribution in [0.1, 0.15) is 13.8 Å². The maximum atomic E-state index is 12.6. The lowest BCUT2D eigenvalue weighted by atomic mass is 10.0. The second-order valence-electron chi connectivity index (χ2n) is 6.70. The standard InChI is InChI=1S/C17H20ClN5O3/c1-17(2,21-16(25)26)15(24)23-7-5-22(6-8-23)11-9-13-12(19-10-11)3-4-14(18)20-13/h3-4,9-10,21H,5-8H2,1-2H3,(H,25,26). The molecule has 0 atom stereocenters. The van der Waals surface area contributed by atoms with E-state index in [2.05, 4.69) is 20.2 Å². The fourth-order valence-corrected chi connectivity index (χ4v) is 3.18. The Bertz CT molecular complexity index is 849. The minimum absolute atomic E-state index is 0.232. The van der Waals surface area contributed by atoms with Crippen molar-refractivity contribution in [2.45, 2.75) is 19.4 Å². The van der Waals surface area contributed by atoms with Crippen LogP contribution in [0.15, 0.2) is 24.4 Å². The number of carbonyl (C=O) groups excluding carboxylic acids is 1. The lowest BCUT2D eigenvalue weighted by Crippen LogP contribution is -2.59. The van der Waals surface area contributed by atoms with Crippen LogP contribution in [-0.4, -0.2) is 63.7 Å². The zero-order valence-electron chi connectivity index (χ0n) is 14.6. The van der Waals surface area contributed by atoms with Crippen molar-refractivity contribution < 1.29 is 14.7 Å². The number of piperazine rings is 1. The van der Waals surface area contributed by atoms with E-state index in [1.807, 2.05) is 12.1 Å². The van der Waals surface area contributed by atoms with Gasteiger partial charge in [0.2, 0.25) is 5.91 Å². The Morgan fingerprint density at radius 2 is 1.88 bits per heavy atom. The number of hydrogen-bond donors (Lipinski definition) is 2. The molecule has 1 fully saturated rings. The Morgan fingerprint density at radius 3 is 2.54 bits per heavy atom. The summed E-state index contributed by atoms with van der Waals surface area (Å²) in [5, 5.41) is 11.6. The molecular formula is C17H20ClN5O3. The van der Waals surface area contributed by atoms with Crippen LogP contribution < -0.4 is 10.2 Å². The summed E-state index contributed by atoms with van der Waals surface area (Å²) in [4.78, 5) is 35.9. The van der Waals surface area contributed by atoms with Gasteiger partial charge in [-0.3, -0.25) is 9.78 Å². The molecule has 1 aliphatic heterocycles. The molecule has 2 aromatic rings. The molecule has 9 heteroatoms.